The number of hydrogen-bond donors (Lipinski definition) is 1. The number of amides is 1. The number of anilines is 1. The fourth-order valence-corrected chi connectivity index (χ4v) is 8.78. The molecule has 1 amide bonds. The van der Waals surface area contributed by atoms with Gasteiger partial charge in [-0.1, -0.05) is 86.6 Å². The second-order valence-electron chi connectivity index (χ2n) is 13.8. The third kappa shape index (κ3) is 9.17. The molecule has 310 valence electrons. The molecular weight excluding hydrogens is 782 g/mol. The van der Waals surface area contributed by atoms with Crippen LogP contribution in [0.15, 0.2) is 122 Å². The maximum atomic E-state index is 13.1. The monoisotopic (exact) mass is 829 g/mol. The number of hydrogen-bond acceptors (Lipinski definition) is 12. The highest BCUT2D eigenvalue weighted by Crippen LogP contribution is 2.49. The second kappa shape index (κ2) is 20.0. The van der Waals surface area contributed by atoms with Gasteiger partial charge in [0.05, 0.1) is 52.4 Å². The molecule has 6 aromatic rings. The highest BCUT2D eigenvalue weighted by atomic mass is 31.2. The lowest BCUT2D eigenvalue weighted by Crippen LogP contribution is -2.38. The summed E-state index contributed by atoms with van der Waals surface area (Å²) >= 11 is 0. The van der Waals surface area contributed by atoms with Crippen molar-refractivity contribution >= 4 is 31.4 Å². The van der Waals surface area contributed by atoms with Crippen LogP contribution in [-0.4, -0.2) is 82.8 Å². The molecule has 3 heterocycles. The van der Waals surface area contributed by atoms with Crippen molar-refractivity contribution in [1.82, 2.24) is 24.2 Å². The van der Waals surface area contributed by atoms with Crippen molar-refractivity contribution in [3.8, 4) is 17.6 Å². The van der Waals surface area contributed by atoms with E-state index in [9.17, 15) is 10.1 Å². The zero-order valence-corrected chi connectivity index (χ0v) is 34.9. The van der Waals surface area contributed by atoms with Crippen molar-refractivity contribution < 1.29 is 32.8 Å². The smallest absolute Gasteiger partial charge is 0.259 e. The number of carbonyl (C=O) groups is 1. The van der Waals surface area contributed by atoms with Crippen LogP contribution in [0.4, 0.5) is 5.82 Å². The van der Waals surface area contributed by atoms with Gasteiger partial charge in [-0.15, -0.1) is 0 Å². The molecule has 4 atom stereocenters. The van der Waals surface area contributed by atoms with Crippen molar-refractivity contribution in [2.24, 2.45) is 0 Å². The molecule has 0 aliphatic carbocycles. The van der Waals surface area contributed by atoms with E-state index in [2.05, 4.69) is 43.1 Å². The Balaban J connectivity index is 1.27. The van der Waals surface area contributed by atoms with E-state index >= 15 is 0 Å². The molecule has 7 rings (SSSR count). The number of methoxy groups -OCH3 is 2. The first kappa shape index (κ1) is 42.3. The number of imidazole rings is 1. The van der Waals surface area contributed by atoms with Crippen molar-refractivity contribution in [3.63, 3.8) is 0 Å². The fraction of sp³-hybridized carbons (Fsp3) is 0.311. The van der Waals surface area contributed by atoms with Gasteiger partial charge >= 0.3 is 0 Å². The van der Waals surface area contributed by atoms with Crippen LogP contribution in [0, 0.1) is 11.3 Å². The maximum absolute atomic E-state index is 13.1. The minimum atomic E-state index is -1.58. The van der Waals surface area contributed by atoms with Crippen LogP contribution in [0.1, 0.15) is 60.0 Å². The van der Waals surface area contributed by atoms with E-state index < -0.39 is 32.6 Å². The largest absolute Gasteiger partial charge is 0.497 e. The van der Waals surface area contributed by atoms with Gasteiger partial charge in [-0.3, -0.25) is 9.36 Å². The predicted molar refractivity (Wildman–Crippen MR) is 227 cm³/mol. The molecule has 2 aromatic heterocycles. The number of carbonyl (C=O) groups excluding carboxylic acids is 1. The molecule has 1 fully saturated rings. The summed E-state index contributed by atoms with van der Waals surface area (Å²) in [5.41, 5.74) is 2.92. The first-order valence-electron chi connectivity index (χ1n) is 19.8. The Labute approximate surface area is 351 Å². The summed E-state index contributed by atoms with van der Waals surface area (Å²) in [6, 6.07) is 36.9. The average molecular weight is 830 g/mol. The summed E-state index contributed by atoms with van der Waals surface area (Å²) in [5.74, 6) is 1.39. The van der Waals surface area contributed by atoms with Gasteiger partial charge in [-0.2, -0.15) is 5.26 Å². The quantitative estimate of drug-likeness (QED) is 0.0475. The summed E-state index contributed by atoms with van der Waals surface area (Å²) in [4.78, 5) is 26.7. The molecule has 1 N–H and O–H groups in total. The minimum absolute atomic E-state index is 0.0910. The van der Waals surface area contributed by atoms with Crippen LogP contribution in [0.2, 0.25) is 0 Å². The van der Waals surface area contributed by atoms with Gasteiger partial charge in [0.15, 0.2) is 17.0 Å². The van der Waals surface area contributed by atoms with E-state index in [1.165, 1.54) is 6.33 Å². The Morgan fingerprint density at radius 1 is 0.883 bits per heavy atom. The van der Waals surface area contributed by atoms with Gasteiger partial charge in [0, 0.05) is 25.1 Å². The molecule has 0 saturated carbocycles. The Morgan fingerprint density at radius 2 is 1.50 bits per heavy atom. The van der Waals surface area contributed by atoms with E-state index in [1.54, 1.807) is 44.8 Å². The molecule has 1 aliphatic rings. The van der Waals surface area contributed by atoms with Gasteiger partial charge in [0.1, 0.15) is 35.8 Å². The first-order valence-corrected chi connectivity index (χ1v) is 20.9. The van der Waals surface area contributed by atoms with Gasteiger partial charge in [0.2, 0.25) is 0 Å². The van der Waals surface area contributed by atoms with E-state index in [4.69, 9.17) is 28.0 Å². The van der Waals surface area contributed by atoms with Gasteiger partial charge in [-0.25, -0.2) is 19.6 Å². The molecule has 1 unspecified atom stereocenters. The van der Waals surface area contributed by atoms with E-state index in [0.717, 1.165) is 16.7 Å². The van der Waals surface area contributed by atoms with Crippen molar-refractivity contribution in [2.45, 2.75) is 50.7 Å². The normalized spacial score (nSPS) is 17.0. The molecule has 1 aliphatic heterocycles. The molecule has 0 bridgehead atoms. The third-order valence-corrected chi connectivity index (χ3v) is 12.2. The number of ether oxygens (including phenoxy) is 4. The number of rotatable bonds is 19. The lowest BCUT2D eigenvalue weighted by atomic mass is 9.80. The number of nitriles is 1. The highest BCUT2D eigenvalue weighted by molar-refractivity contribution is 7.44. The molecule has 0 spiro atoms. The van der Waals surface area contributed by atoms with Crippen LogP contribution < -0.4 is 14.8 Å². The van der Waals surface area contributed by atoms with Crippen LogP contribution in [0.5, 0.6) is 11.5 Å². The molecule has 1 saturated heterocycles. The molecule has 15 heteroatoms. The zero-order valence-electron chi connectivity index (χ0n) is 34.0. The van der Waals surface area contributed by atoms with E-state index in [1.807, 2.05) is 91.2 Å². The molecule has 4 aromatic carbocycles. The number of aromatic nitrogens is 4. The van der Waals surface area contributed by atoms with Crippen LogP contribution in [-0.2, 0) is 24.1 Å². The van der Waals surface area contributed by atoms with E-state index in [-0.39, 0.29) is 31.4 Å². The number of benzene rings is 4. The SMILES string of the molecule is CCN(CC)P(OCCC#N)O[C@H]1C[C@H](n2cnc3c(NC(=O)c4ccccc4)ncnc32)O[C@@H]1COC(c1ccccc1)(c1ccc(OC)cc1)c1ccc(OC)cc1. The zero-order chi connectivity index (χ0) is 41.9. The Morgan fingerprint density at radius 3 is 2.10 bits per heavy atom. The third-order valence-electron chi connectivity index (χ3n) is 10.4. The Bertz CT molecular complexity index is 2290. The number of fused-ring (bicyclic) bond motifs is 1. The van der Waals surface area contributed by atoms with E-state index in [0.29, 0.717) is 47.7 Å². The standard InChI is InChI=1S/C45H48N7O7P/c1-5-51(6-2)60(57-27-13-26-46)59-38-28-40(52-31-49-41-42(47-30-48-43(41)52)50-44(53)32-14-9-7-10-15-32)58-39(38)29-56-45(33-16-11-8-12-17-33,34-18-22-36(54-3)23-19-34)35-20-24-37(55-4)25-21-35/h7-12,14-25,30-31,38-40H,5-6,13,27-29H2,1-4H3,(H,47,48,50,53)/t38-,39+,40+,60?/m0/s1. The van der Waals surface area contributed by atoms with Crippen molar-refractivity contribution in [2.75, 3.05) is 45.8 Å². The Kier molecular flexibility index (Phi) is 14.1. The summed E-state index contributed by atoms with van der Waals surface area (Å²) in [6.45, 7) is 5.78. The lowest BCUT2D eigenvalue weighted by molar-refractivity contribution is -0.0909. The van der Waals surface area contributed by atoms with Crippen LogP contribution in [0.3, 0.4) is 0 Å². The highest BCUT2D eigenvalue weighted by Gasteiger charge is 2.44. The van der Waals surface area contributed by atoms with Gasteiger partial charge < -0.3 is 33.3 Å². The van der Waals surface area contributed by atoms with Crippen molar-refractivity contribution in [3.05, 3.63) is 144 Å². The lowest BCUT2D eigenvalue weighted by Gasteiger charge is -2.37. The van der Waals surface area contributed by atoms with Gasteiger partial charge in [0.25, 0.3) is 14.4 Å². The molecular formula is C45H48N7O7P. The average Bonchev–Trinajstić information content (AvgIpc) is 3.92. The number of nitrogens with zero attached hydrogens (tertiary/aromatic N) is 6. The minimum Gasteiger partial charge on any atom is -0.497 e. The van der Waals surface area contributed by atoms with Crippen molar-refractivity contribution in [1.29, 1.82) is 5.26 Å². The fourth-order valence-electron chi connectivity index (χ4n) is 7.26. The first-order chi connectivity index (χ1) is 29.4. The summed E-state index contributed by atoms with van der Waals surface area (Å²) in [7, 11) is 1.70. The predicted octanol–water partition coefficient (Wildman–Crippen LogP) is 8.28. The molecule has 60 heavy (non-hydrogen) atoms. The Hall–Kier alpha value is -5.78. The second-order valence-corrected chi connectivity index (χ2v) is 15.3. The topological polar surface area (TPSA) is 155 Å². The van der Waals surface area contributed by atoms with Gasteiger partial charge in [-0.05, 0) is 53.1 Å². The molecule has 14 nitrogen and oxygen atoms in total. The molecule has 0 radical (unpaired) electrons. The number of nitrogens with one attached hydrogen (secondary N) is 1. The summed E-state index contributed by atoms with van der Waals surface area (Å²) < 4.78 is 42.5. The van der Waals surface area contributed by atoms with Crippen LogP contribution >= 0.6 is 8.53 Å². The van der Waals surface area contributed by atoms with Crippen LogP contribution in [0.25, 0.3) is 11.2 Å². The summed E-state index contributed by atoms with van der Waals surface area (Å²) in [6.07, 6.45) is 1.91. The maximum Gasteiger partial charge on any atom is 0.259 e. The summed E-state index contributed by atoms with van der Waals surface area (Å²) in [5, 5.41) is 12.2.